The molecule has 0 spiro atoms. The van der Waals surface area contributed by atoms with E-state index >= 15 is 0 Å². The molecule has 1 amide bonds. The van der Waals surface area contributed by atoms with Crippen molar-refractivity contribution in [2.24, 2.45) is 0 Å². The minimum absolute atomic E-state index is 0.163. The fourth-order valence-corrected chi connectivity index (χ4v) is 5.08. The zero-order valence-electron chi connectivity index (χ0n) is 13.9. The molecule has 0 aliphatic carbocycles. The minimum Gasteiger partial charge on any atom is -0.316 e. The Balaban J connectivity index is 1.51. The van der Waals surface area contributed by atoms with Gasteiger partial charge in [-0.3, -0.25) is 4.79 Å². The number of hydrogen-bond donors (Lipinski definition) is 1. The molecule has 0 fully saturated rings. The second-order valence-electron chi connectivity index (χ2n) is 5.49. The van der Waals surface area contributed by atoms with Gasteiger partial charge in [-0.25, -0.2) is 9.97 Å². The van der Waals surface area contributed by atoms with Crippen LogP contribution in [0.3, 0.4) is 0 Å². The fourth-order valence-electron chi connectivity index (χ4n) is 2.48. The molecule has 0 radical (unpaired) electrons. The summed E-state index contributed by atoms with van der Waals surface area (Å²) in [7, 11) is 0. The molecule has 0 atom stereocenters. The predicted octanol–water partition coefficient (Wildman–Crippen LogP) is 5.02. The van der Waals surface area contributed by atoms with Gasteiger partial charge in [0.05, 0.1) is 11.3 Å². The molecule has 0 bridgehead atoms. The van der Waals surface area contributed by atoms with E-state index in [1.807, 2.05) is 18.2 Å². The number of benzene rings is 1. The number of nitriles is 1. The first-order valence-corrected chi connectivity index (χ1v) is 10.6. The molecule has 132 valence electrons. The van der Waals surface area contributed by atoms with E-state index in [4.69, 9.17) is 5.26 Å². The van der Waals surface area contributed by atoms with Crippen molar-refractivity contribution in [3.8, 4) is 16.5 Å². The summed E-state index contributed by atoms with van der Waals surface area (Å²) in [6.07, 6.45) is 1.53. The van der Waals surface area contributed by atoms with Crippen LogP contribution in [0, 0.1) is 11.3 Å². The lowest BCUT2D eigenvalue weighted by Crippen LogP contribution is -2.13. The van der Waals surface area contributed by atoms with E-state index in [0.29, 0.717) is 10.6 Å². The van der Waals surface area contributed by atoms with Crippen LogP contribution in [0.5, 0.6) is 0 Å². The van der Waals surface area contributed by atoms with Crippen molar-refractivity contribution in [2.75, 3.05) is 11.1 Å². The number of carbonyl (C=O) groups is 1. The first-order valence-electron chi connectivity index (χ1n) is 7.95. The van der Waals surface area contributed by atoms with Crippen LogP contribution in [-0.4, -0.2) is 21.6 Å². The number of aromatic nitrogens is 2. The molecular weight excluding hydrogens is 396 g/mol. The van der Waals surface area contributed by atoms with Gasteiger partial charge < -0.3 is 5.32 Å². The lowest BCUT2D eigenvalue weighted by atomic mass is 10.2. The number of nitrogens with one attached hydrogen (secondary N) is 1. The van der Waals surface area contributed by atoms with Crippen molar-refractivity contribution in [3.63, 3.8) is 0 Å². The smallest absolute Gasteiger partial charge is 0.235 e. The second-order valence-corrected chi connectivity index (χ2v) is 8.40. The van der Waals surface area contributed by atoms with E-state index < -0.39 is 0 Å². The van der Waals surface area contributed by atoms with Crippen molar-refractivity contribution >= 4 is 55.6 Å². The van der Waals surface area contributed by atoms with Gasteiger partial charge >= 0.3 is 0 Å². The van der Waals surface area contributed by atoms with Gasteiger partial charge in [-0.05, 0) is 23.1 Å². The zero-order valence-corrected chi connectivity index (χ0v) is 16.3. The van der Waals surface area contributed by atoms with Gasteiger partial charge in [0.25, 0.3) is 0 Å². The van der Waals surface area contributed by atoms with Gasteiger partial charge in [-0.1, -0.05) is 42.1 Å². The van der Waals surface area contributed by atoms with E-state index in [1.165, 1.54) is 29.4 Å². The van der Waals surface area contributed by atoms with E-state index in [0.717, 1.165) is 25.7 Å². The van der Waals surface area contributed by atoms with E-state index in [2.05, 4.69) is 39.6 Å². The van der Waals surface area contributed by atoms with Gasteiger partial charge in [-0.15, -0.1) is 22.7 Å². The third-order valence-corrected chi connectivity index (χ3v) is 6.66. The number of thiophene rings is 2. The number of hydrogen-bond acceptors (Lipinski definition) is 7. The molecule has 8 heteroatoms. The molecule has 5 nitrogen and oxygen atoms in total. The van der Waals surface area contributed by atoms with Crippen molar-refractivity contribution < 1.29 is 4.79 Å². The largest absolute Gasteiger partial charge is 0.316 e. The Morgan fingerprint density at radius 1 is 1.22 bits per heavy atom. The maximum atomic E-state index is 12.2. The Hall–Kier alpha value is -2.73. The quantitative estimate of drug-likeness (QED) is 0.370. The molecule has 0 saturated heterocycles. The highest BCUT2D eigenvalue weighted by molar-refractivity contribution is 8.00. The van der Waals surface area contributed by atoms with Crippen LogP contribution in [0.1, 0.15) is 5.56 Å². The molecule has 27 heavy (non-hydrogen) atoms. The summed E-state index contributed by atoms with van der Waals surface area (Å²) < 4.78 is 0. The normalized spacial score (nSPS) is 10.6. The van der Waals surface area contributed by atoms with Crippen LogP contribution in [0.25, 0.3) is 20.7 Å². The van der Waals surface area contributed by atoms with Gasteiger partial charge in [-0.2, -0.15) is 5.26 Å². The number of thioether (sulfide) groups is 1. The summed E-state index contributed by atoms with van der Waals surface area (Å²) in [5, 5.41) is 15.9. The van der Waals surface area contributed by atoms with Gasteiger partial charge in [0.1, 0.15) is 27.3 Å². The summed E-state index contributed by atoms with van der Waals surface area (Å²) in [5.41, 5.74) is 1.61. The summed E-state index contributed by atoms with van der Waals surface area (Å²) in [5.74, 6) is 0.0509. The van der Waals surface area contributed by atoms with Gasteiger partial charge in [0, 0.05) is 10.3 Å². The summed E-state index contributed by atoms with van der Waals surface area (Å²) in [4.78, 5) is 23.0. The lowest BCUT2D eigenvalue weighted by molar-refractivity contribution is -0.113. The van der Waals surface area contributed by atoms with Crippen LogP contribution in [0.4, 0.5) is 5.00 Å². The van der Waals surface area contributed by atoms with Crippen LogP contribution in [0.15, 0.2) is 59.2 Å². The van der Waals surface area contributed by atoms with Gasteiger partial charge in [0.2, 0.25) is 5.91 Å². The molecule has 1 N–H and O–H groups in total. The van der Waals surface area contributed by atoms with Crippen molar-refractivity contribution in [3.05, 3.63) is 59.7 Å². The average Bonchev–Trinajstić information content (AvgIpc) is 3.33. The fraction of sp³-hybridized carbons (Fsp3) is 0.0526. The Morgan fingerprint density at radius 2 is 2.07 bits per heavy atom. The highest BCUT2D eigenvalue weighted by Crippen LogP contribution is 2.36. The third-order valence-electron chi connectivity index (χ3n) is 3.73. The van der Waals surface area contributed by atoms with Gasteiger partial charge in [0.15, 0.2) is 0 Å². The molecule has 4 aromatic rings. The minimum atomic E-state index is -0.163. The predicted molar refractivity (Wildman–Crippen MR) is 111 cm³/mol. The maximum absolute atomic E-state index is 12.2. The number of fused-ring (bicyclic) bond motifs is 1. The first kappa shape index (κ1) is 17.7. The lowest BCUT2D eigenvalue weighted by Gasteiger charge is -2.03. The summed E-state index contributed by atoms with van der Waals surface area (Å²) in [6.45, 7) is 0. The number of carbonyl (C=O) groups excluding carboxylic acids is 1. The topological polar surface area (TPSA) is 78.7 Å². The standard InChI is InChI=1S/C19H12N4OS3/c20-9-13-6-7-25-17(13)23-16(24)10-26-18-14-8-15(12-4-2-1-3-5-12)27-19(14)22-11-21-18/h1-8,11H,10H2,(H,23,24). The molecule has 3 heterocycles. The number of nitrogens with zero attached hydrogens (tertiary/aromatic N) is 3. The number of rotatable bonds is 5. The highest BCUT2D eigenvalue weighted by atomic mass is 32.2. The Labute approximate surface area is 167 Å². The molecule has 0 aliphatic heterocycles. The van der Waals surface area contributed by atoms with Crippen molar-refractivity contribution in [2.45, 2.75) is 5.03 Å². The highest BCUT2D eigenvalue weighted by Gasteiger charge is 2.13. The Morgan fingerprint density at radius 3 is 2.89 bits per heavy atom. The molecule has 0 aliphatic rings. The molecule has 0 unspecified atom stereocenters. The maximum Gasteiger partial charge on any atom is 0.235 e. The van der Waals surface area contributed by atoms with Crippen molar-refractivity contribution in [1.82, 2.24) is 9.97 Å². The SMILES string of the molecule is N#Cc1ccsc1NC(=O)CSc1ncnc2sc(-c3ccccc3)cc12. The van der Waals surface area contributed by atoms with Crippen LogP contribution < -0.4 is 5.32 Å². The van der Waals surface area contributed by atoms with E-state index in [-0.39, 0.29) is 11.7 Å². The second kappa shape index (κ2) is 7.88. The molecular formula is C19H12N4OS3. The summed E-state index contributed by atoms with van der Waals surface area (Å²) in [6, 6.07) is 16.0. The van der Waals surface area contributed by atoms with Crippen LogP contribution >= 0.6 is 34.4 Å². The Kier molecular flexibility index (Phi) is 5.16. The third kappa shape index (κ3) is 3.85. The average molecular weight is 409 g/mol. The molecule has 0 saturated carbocycles. The first-order chi connectivity index (χ1) is 13.2. The molecule has 3 aromatic heterocycles. The Bertz CT molecular complexity index is 1140. The molecule has 1 aromatic carbocycles. The summed E-state index contributed by atoms with van der Waals surface area (Å²) >= 11 is 4.32. The molecule has 4 rings (SSSR count). The van der Waals surface area contributed by atoms with Crippen molar-refractivity contribution in [1.29, 1.82) is 5.26 Å². The van der Waals surface area contributed by atoms with Crippen LogP contribution in [0.2, 0.25) is 0 Å². The van der Waals surface area contributed by atoms with Crippen LogP contribution in [-0.2, 0) is 4.79 Å². The zero-order chi connectivity index (χ0) is 18.6. The number of anilines is 1. The van der Waals surface area contributed by atoms with E-state index in [1.54, 1.807) is 22.8 Å². The number of amides is 1. The monoisotopic (exact) mass is 408 g/mol. The van der Waals surface area contributed by atoms with E-state index in [9.17, 15) is 4.79 Å².